The second kappa shape index (κ2) is 6.31. The normalized spacial score (nSPS) is 12.4. The summed E-state index contributed by atoms with van der Waals surface area (Å²) in [5.74, 6) is -0.180. The quantitative estimate of drug-likeness (QED) is 0.868. The summed E-state index contributed by atoms with van der Waals surface area (Å²) >= 11 is 3.58. The number of rotatable bonds is 4. The topological polar surface area (TPSA) is 12.0 Å². The molecule has 0 bridgehead atoms. The molecule has 0 saturated heterocycles. The highest BCUT2D eigenvalue weighted by molar-refractivity contribution is 9.10. The zero-order valence-electron chi connectivity index (χ0n) is 11.1. The molecule has 0 aliphatic carbocycles. The van der Waals surface area contributed by atoms with Crippen molar-refractivity contribution in [1.82, 2.24) is 5.32 Å². The molecule has 0 radical (unpaired) electrons. The van der Waals surface area contributed by atoms with Crippen molar-refractivity contribution in [3.63, 3.8) is 0 Å². The first-order valence-corrected chi connectivity index (χ1v) is 7.16. The van der Waals surface area contributed by atoms with Gasteiger partial charge in [0.2, 0.25) is 0 Å². The molecule has 3 heteroatoms. The molecule has 1 unspecified atom stereocenters. The van der Waals surface area contributed by atoms with Crippen molar-refractivity contribution in [3.05, 3.63) is 69.4 Å². The van der Waals surface area contributed by atoms with Crippen LogP contribution in [0.4, 0.5) is 4.39 Å². The van der Waals surface area contributed by atoms with Gasteiger partial charge < -0.3 is 5.32 Å². The Kier molecular flexibility index (Phi) is 4.72. The van der Waals surface area contributed by atoms with Crippen LogP contribution in [0.2, 0.25) is 0 Å². The van der Waals surface area contributed by atoms with Crippen LogP contribution in [0.25, 0.3) is 0 Å². The number of aryl methyl sites for hydroxylation is 1. The van der Waals surface area contributed by atoms with E-state index >= 15 is 0 Å². The van der Waals surface area contributed by atoms with Crippen LogP contribution >= 0.6 is 15.9 Å². The third-order valence-electron chi connectivity index (χ3n) is 3.09. The van der Waals surface area contributed by atoms with Gasteiger partial charge in [-0.2, -0.15) is 0 Å². The highest BCUT2D eigenvalue weighted by atomic mass is 79.9. The molecule has 1 nitrogen and oxygen atoms in total. The number of benzene rings is 2. The fourth-order valence-electron chi connectivity index (χ4n) is 2.17. The Labute approximate surface area is 122 Å². The highest BCUT2D eigenvalue weighted by Gasteiger charge is 2.18. The lowest BCUT2D eigenvalue weighted by atomic mass is 9.97. The van der Waals surface area contributed by atoms with E-state index in [1.165, 1.54) is 11.6 Å². The molecule has 0 fully saturated rings. The van der Waals surface area contributed by atoms with E-state index in [4.69, 9.17) is 0 Å². The molecule has 19 heavy (non-hydrogen) atoms. The molecular weight excluding hydrogens is 305 g/mol. The van der Waals surface area contributed by atoms with Gasteiger partial charge in [-0.05, 0) is 36.7 Å². The lowest BCUT2D eigenvalue weighted by Crippen LogP contribution is -2.23. The standard InChI is InChI=1S/C16H17BrFN/c1-3-19-16(13-6-4-5-7-15(13)18)12-9-8-11(2)10-14(12)17/h4-10,16,19H,3H2,1-2H3. The lowest BCUT2D eigenvalue weighted by Gasteiger charge is -2.21. The minimum absolute atomic E-state index is 0.138. The van der Waals surface area contributed by atoms with Gasteiger partial charge >= 0.3 is 0 Å². The van der Waals surface area contributed by atoms with Crippen LogP contribution in [0.5, 0.6) is 0 Å². The second-order valence-electron chi connectivity index (χ2n) is 4.54. The van der Waals surface area contributed by atoms with Crippen molar-refractivity contribution in [3.8, 4) is 0 Å². The molecule has 1 atom stereocenters. The Balaban J connectivity index is 2.48. The van der Waals surface area contributed by atoms with Gasteiger partial charge in [0.15, 0.2) is 0 Å². The van der Waals surface area contributed by atoms with Gasteiger partial charge in [0, 0.05) is 10.0 Å². The second-order valence-corrected chi connectivity index (χ2v) is 5.39. The first-order valence-electron chi connectivity index (χ1n) is 6.37. The van der Waals surface area contributed by atoms with Crippen LogP contribution < -0.4 is 5.32 Å². The summed E-state index contributed by atoms with van der Waals surface area (Å²) in [5.41, 5.74) is 2.91. The van der Waals surface area contributed by atoms with Gasteiger partial charge in [-0.25, -0.2) is 4.39 Å². The average Bonchev–Trinajstić information content (AvgIpc) is 2.38. The van der Waals surface area contributed by atoms with E-state index in [2.05, 4.69) is 27.3 Å². The van der Waals surface area contributed by atoms with E-state index in [0.29, 0.717) is 5.56 Å². The molecule has 0 saturated carbocycles. The molecule has 0 aliphatic rings. The average molecular weight is 322 g/mol. The highest BCUT2D eigenvalue weighted by Crippen LogP contribution is 2.30. The third kappa shape index (κ3) is 3.23. The van der Waals surface area contributed by atoms with E-state index in [0.717, 1.165) is 16.6 Å². The van der Waals surface area contributed by atoms with Crippen molar-refractivity contribution in [2.75, 3.05) is 6.54 Å². The molecule has 1 N–H and O–H groups in total. The van der Waals surface area contributed by atoms with Crippen LogP contribution in [-0.4, -0.2) is 6.54 Å². The maximum atomic E-state index is 14.0. The zero-order chi connectivity index (χ0) is 13.8. The fraction of sp³-hybridized carbons (Fsp3) is 0.250. The number of hydrogen-bond acceptors (Lipinski definition) is 1. The molecule has 0 spiro atoms. The van der Waals surface area contributed by atoms with Crippen molar-refractivity contribution in [2.45, 2.75) is 19.9 Å². The smallest absolute Gasteiger partial charge is 0.128 e. The summed E-state index contributed by atoms with van der Waals surface area (Å²) in [6.45, 7) is 4.84. The molecule has 0 amide bonds. The summed E-state index contributed by atoms with van der Waals surface area (Å²) in [6, 6.07) is 12.9. The summed E-state index contributed by atoms with van der Waals surface area (Å²) in [5, 5.41) is 3.35. The zero-order valence-corrected chi connectivity index (χ0v) is 12.7. The Bertz CT molecular complexity index is 568. The first kappa shape index (κ1) is 14.2. The van der Waals surface area contributed by atoms with Crippen LogP contribution in [-0.2, 0) is 0 Å². The van der Waals surface area contributed by atoms with Gasteiger partial charge in [0.1, 0.15) is 5.82 Å². The predicted molar refractivity (Wildman–Crippen MR) is 80.8 cm³/mol. The van der Waals surface area contributed by atoms with E-state index in [1.54, 1.807) is 6.07 Å². The SMILES string of the molecule is CCNC(c1ccccc1F)c1ccc(C)cc1Br. The van der Waals surface area contributed by atoms with Crippen molar-refractivity contribution in [1.29, 1.82) is 0 Å². The van der Waals surface area contributed by atoms with Gasteiger partial charge in [-0.3, -0.25) is 0 Å². The Morgan fingerprint density at radius 3 is 2.53 bits per heavy atom. The molecule has 100 valence electrons. The number of nitrogens with one attached hydrogen (secondary N) is 1. The number of halogens is 2. The van der Waals surface area contributed by atoms with E-state index in [1.807, 2.05) is 38.1 Å². The summed E-state index contributed by atoms with van der Waals surface area (Å²) in [7, 11) is 0. The van der Waals surface area contributed by atoms with Crippen molar-refractivity contribution >= 4 is 15.9 Å². The Morgan fingerprint density at radius 1 is 1.16 bits per heavy atom. The maximum Gasteiger partial charge on any atom is 0.128 e. The molecule has 0 aliphatic heterocycles. The van der Waals surface area contributed by atoms with E-state index in [9.17, 15) is 4.39 Å². The van der Waals surface area contributed by atoms with Crippen molar-refractivity contribution < 1.29 is 4.39 Å². The monoisotopic (exact) mass is 321 g/mol. The van der Waals surface area contributed by atoms with Crippen molar-refractivity contribution in [2.24, 2.45) is 0 Å². The first-order chi connectivity index (χ1) is 9.13. The lowest BCUT2D eigenvalue weighted by molar-refractivity contribution is 0.558. The fourth-order valence-corrected chi connectivity index (χ4v) is 2.89. The van der Waals surface area contributed by atoms with Crippen LogP contribution in [0.3, 0.4) is 0 Å². The van der Waals surface area contributed by atoms with Crippen LogP contribution in [0.1, 0.15) is 29.7 Å². The Hall–Kier alpha value is -1.19. The van der Waals surface area contributed by atoms with Gasteiger partial charge in [-0.1, -0.05) is 53.2 Å². The molecule has 2 aromatic rings. The van der Waals surface area contributed by atoms with Crippen LogP contribution in [0, 0.1) is 12.7 Å². The Morgan fingerprint density at radius 2 is 1.89 bits per heavy atom. The molecule has 2 rings (SSSR count). The molecule has 0 heterocycles. The van der Waals surface area contributed by atoms with Crippen LogP contribution in [0.15, 0.2) is 46.9 Å². The predicted octanol–water partition coefficient (Wildman–Crippen LogP) is 4.60. The third-order valence-corrected chi connectivity index (χ3v) is 3.78. The number of hydrogen-bond donors (Lipinski definition) is 1. The van der Waals surface area contributed by atoms with Gasteiger partial charge in [0.05, 0.1) is 6.04 Å². The summed E-state index contributed by atoms with van der Waals surface area (Å²) in [4.78, 5) is 0. The van der Waals surface area contributed by atoms with E-state index in [-0.39, 0.29) is 11.9 Å². The summed E-state index contributed by atoms with van der Waals surface area (Å²) in [6.07, 6.45) is 0. The van der Waals surface area contributed by atoms with E-state index < -0.39 is 0 Å². The maximum absolute atomic E-state index is 14.0. The van der Waals surface area contributed by atoms with Gasteiger partial charge in [0.25, 0.3) is 0 Å². The minimum Gasteiger partial charge on any atom is -0.306 e. The molecular formula is C16H17BrFN. The minimum atomic E-state index is -0.180. The largest absolute Gasteiger partial charge is 0.306 e. The molecule has 2 aromatic carbocycles. The molecule has 0 aromatic heterocycles. The summed E-state index contributed by atoms with van der Waals surface area (Å²) < 4.78 is 15.0. The van der Waals surface area contributed by atoms with Gasteiger partial charge in [-0.15, -0.1) is 0 Å².